The quantitative estimate of drug-likeness (QED) is 0.148. The van der Waals surface area contributed by atoms with Crippen LogP contribution in [0.4, 0.5) is 13.2 Å². The van der Waals surface area contributed by atoms with Crippen molar-refractivity contribution in [3.63, 3.8) is 0 Å². The Bertz CT molecular complexity index is 4930. The molecule has 84 heavy (non-hydrogen) atoms. The number of benzene rings is 11. The summed E-state index contributed by atoms with van der Waals surface area (Å²) in [5.41, 5.74) is 15.0. The number of halogens is 3. The highest BCUT2D eigenvalue weighted by atomic mass is 19.4. The highest BCUT2D eigenvalue weighted by molar-refractivity contribution is 6.14. The van der Waals surface area contributed by atoms with Gasteiger partial charge in [-0.3, -0.25) is 0 Å². The highest BCUT2D eigenvalue weighted by Gasteiger charge is 2.32. The third-order valence-electron chi connectivity index (χ3n) is 15.6. The Morgan fingerprint density at radius 3 is 0.905 bits per heavy atom. The lowest BCUT2D eigenvalue weighted by Gasteiger charge is -2.20. The molecule has 0 aliphatic rings. The molecular formula is C73H37F3N8. The maximum absolute atomic E-state index is 14.3. The van der Waals surface area contributed by atoms with Crippen LogP contribution in [0.3, 0.4) is 0 Å². The summed E-state index contributed by atoms with van der Waals surface area (Å²) in [6.07, 6.45) is -4.70. The van der Waals surface area contributed by atoms with Gasteiger partial charge in [-0.2, -0.15) is 44.7 Å². The molecular weight excluding hydrogens is 1050 g/mol. The van der Waals surface area contributed by atoms with E-state index in [0.717, 1.165) is 100 Å². The van der Waals surface area contributed by atoms with Gasteiger partial charge >= 0.3 is 6.18 Å². The number of hydrogen-bond donors (Lipinski definition) is 0. The van der Waals surface area contributed by atoms with Crippen LogP contribution >= 0.6 is 0 Å². The summed E-state index contributed by atoms with van der Waals surface area (Å²) in [6.45, 7) is 0. The zero-order valence-electron chi connectivity index (χ0n) is 44.1. The Morgan fingerprint density at radius 2 is 0.571 bits per heavy atom. The molecule has 0 aliphatic heterocycles. The van der Waals surface area contributed by atoms with E-state index in [1.807, 2.05) is 115 Å². The predicted molar refractivity (Wildman–Crippen MR) is 321 cm³/mol. The van der Waals surface area contributed by atoms with Crippen LogP contribution in [-0.2, 0) is 6.18 Å². The zero-order valence-corrected chi connectivity index (χ0v) is 44.1. The zero-order chi connectivity index (χ0) is 57.8. The number of nitriles is 6. The van der Waals surface area contributed by atoms with E-state index in [0.29, 0.717) is 55.9 Å². The van der Waals surface area contributed by atoms with E-state index in [-0.39, 0.29) is 11.1 Å². The first kappa shape index (κ1) is 51.2. The first-order valence-corrected chi connectivity index (χ1v) is 26.5. The fourth-order valence-corrected chi connectivity index (χ4v) is 11.4. The second-order valence-electron chi connectivity index (χ2n) is 20.3. The van der Waals surface area contributed by atoms with Crippen molar-refractivity contribution in [2.24, 2.45) is 0 Å². The standard InChI is InChI=1S/C73H37F3N8/c74-73(75,76)59-23-24-60(58(32-59)43-82)57-22-30-72(84-70-28-20-55(51-14-5-46(40-79)6-15-51)35-64(70)65-36-56(21-29-71(65)84)52-16-7-47(41-80)8-17-52)66(37-57)61-31-48(42-81)9-25-67(61)83-68-26-18-53(49-10-1-44(38-77)2-11-49)33-62(68)63-34-54(19-27-69(63)83)50-12-3-45(39-78)4-13-50/h1-37H. The van der Waals surface area contributed by atoms with Crippen LogP contribution in [0.25, 0.3) is 122 Å². The van der Waals surface area contributed by atoms with Crippen molar-refractivity contribution in [3.05, 3.63) is 263 Å². The van der Waals surface area contributed by atoms with Gasteiger partial charge in [0.2, 0.25) is 0 Å². The van der Waals surface area contributed by atoms with E-state index in [9.17, 15) is 44.7 Å². The minimum Gasteiger partial charge on any atom is -0.309 e. The number of nitrogens with zero attached hydrogens (tertiary/aromatic N) is 8. The van der Waals surface area contributed by atoms with Crippen molar-refractivity contribution in [1.82, 2.24) is 9.13 Å². The van der Waals surface area contributed by atoms with Gasteiger partial charge in [0.1, 0.15) is 0 Å². The molecule has 0 saturated heterocycles. The van der Waals surface area contributed by atoms with Crippen LogP contribution in [-0.4, -0.2) is 9.13 Å². The Kier molecular flexibility index (Phi) is 12.5. The van der Waals surface area contributed by atoms with Gasteiger partial charge in [0.25, 0.3) is 0 Å². The van der Waals surface area contributed by atoms with Crippen LogP contribution in [0.1, 0.15) is 38.9 Å². The largest absolute Gasteiger partial charge is 0.416 e. The molecule has 0 amide bonds. The normalized spacial score (nSPS) is 11.2. The van der Waals surface area contributed by atoms with Gasteiger partial charge in [-0.05, 0) is 195 Å². The van der Waals surface area contributed by atoms with E-state index >= 15 is 0 Å². The molecule has 2 aromatic heterocycles. The minimum absolute atomic E-state index is 0.171. The van der Waals surface area contributed by atoms with E-state index in [1.54, 1.807) is 60.7 Å². The fraction of sp³-hybridized carbons (Fsp3) is 0.0137. The molecule has 0 bridgehead atoms. The first-order valence-electron chi connectivity index (χ1n) is 26.5. The SMILES string of the molecule is N#Cc1ccc(-c2ccc3c(c2)c2cc(-c4ccc(C#N)cc4)ccc2n3-c2ccc(C#N)cc2-c2cc(-c3ccc(C(F)(F)F)cc3C#N)ccc2-n2c3ccc(-c4ccc(C#N)cc4)cc3c3cc(-c4ccc(C#N)cc4)ccc32)cc1. The molecule has 0 atom stereocenters. The summed E-state index contributed by atoms with van der Waals surface area (Å²) in [5, 5.41) is 63.4. The average Bonchev–Trinajstić information content (AvgIpc) is 3.37. The van der Waals surface area contributed by atoms with E-state index in [2.05, 4.69) is 75.9 Å². The number of hydrogen-bond acceptors (Lipinski definition) is 6. The Hall–Kier alpha value is -12.3. The van der Waals surface area contributed by atoms with Gasteiger partial charge in [0.15, 0.2) is 0 Å². The van der Waals surface area contributed by atoms with Gasteiger partial charge in [-0.25, -0.2) is 0 Å². The van der Waals surface area contributed by atoms with Crippen LogP contribution < -0.4 is 0 Å². The van der Waals surface area contributed by atoms with Crippen molar-refractivity contribution in [2.45, 2.75) is 6.18 Å². The summed E-state index contributed by atoms with van der Waals surface area (Å²) in [6, 6.07) is 81.8. The fourth-order valence-electron chi connectivity index (χ4n) is 11.4. The summed E-state index contributed by atoms with van der Waals surface area (Å²) >= 11 is 0. The molecule has 0 N–H and O–H groups in total. The number of fused-ring (bicyclic) bond motifs is 6. The molecule has 13 aromatic rings. The van der Waals surface area contributed by atoms with Gasteiger partial charge in [-0.15, -0.1) is 0 Å². The van der Waals surface area contributed by atoms with Crippen molar-refractivity contribution >= 4 is 43.6 Å². The first-order chi connectivity index (χ1) is 40.9. The van der Waals surface area contributed by atoms with Gasteiger partial charge < -0.3 is 9.13 Å². The van der Waals surface area contributed by atoms with Gasteiger partial charge in [0.05, 0.1) is 109 Å². The van der Waals surface area contributed by atoms with E-state index in [4.69, 9.17) is 0 Å². The lowest BCUT2D eigenvalue weighted by atomic mass is 9.92. The Morgan fingerprint density at radius 1 is 0.262 bits per heavy atom. The molecule has 11 aromatic carbocycles. The number of aromatic nitrogens is 2. The highest BCUT2D eigenvalue weighted by Crippen LogP contribution is 2.46. The maximum atomic E-state index is 14.3. The van der Waals surface area contributed by atoms with Gasteiger partial charge in [0, 0.05) is 32.7 Å². The second kappa shape index (κ2) is 20.4. The molecule has 8 nitrogen and oxygen atoms in total. The molecule has 0 aliphatic carbocycles. The molecule has 2 heterocycles. The summed E-state index contributed by atoms with van der Waals surface area (Å²) in [4.78, 5) is 0. The molecule has 0 spiro atoms. The Balaban J connectivity index is 1.11. The van der Waals surface area contributed by atoms with E-state index < -0.39 is 11.7 Å². The topological polar surface area (TPSA) is 153 Å². The predicted octanol–water partition coefficient (Wildman–Crippen LogP) is 18.1. The van der Waals surface area contributed by atoms with Crippen molar-refractivity contribution in [3.8, 4) is 115 Å². The number of rotatable bonds is 8. The Labute approximate surface area is 479 Å². The summed E-state index contributed by atoms with van der Waals surface area (Å²) < 4.78 is 47.1. The lowest BCUT2D eigenvalue weighted by molar-refractivity contribution is -0.137. The summed E-state index contributed by atoms with van der Waals surface area (Å²) in [7, 11) is 0. The monoisotopic (exact) mass is 1080 g/mol. The molecule has 0 fully saturated rings. The minimum atomic E-state index is -4.70. The van der Waals surface area contributed by atoms with Crippen molar-refractivity contribution in [1.29, 1.82) is 31.6 Å². The second-order valence-corrected chi connectivity index (χ2v) is 20.3. The van der Waals surface area contributed by atoms with Gasteiger partial charge in [-0.1, -0.05) is 84.9 Å². The molecule has 0 unspecified atom stereocenters. The third kappa shape index (κ3) is 8.87. The van der Waals surface area contributed by atoms with Crippen LogP contribution in [0.2, 0.25) is 0 Å². The van der Waals surface area contributed by atoms with Crippen LogP contribution in [0.15, 0.2) is 224 Å². The lowest BCUT2D eigenvalue weighted by Crippen LogP contribution is -2.05. The molecule has 390 valence electrons. The molecule has 0 radical (unpaired) electrons. The van der Waals surface area contributed by atoms with E-state index in [1.165, 1.54) is 6.07 Å². The van der Waals surface area contributed by atoms with Crippen LogP contribution in [0, 0.1) is 68.0 Å². The summed E-state index contributed by atoms with van der Waals surface area (Å²) in [5.74, 6) is 0. The maximum Gasteiger partial charge on any atom is 0.416 e. The molecule has 0 saturated carbocycles. The smallest absolute Gasteiger partial charge is 0.309 e. The third-order valence-corrected chi connectivity index (χ3v) is 15.6. The van der Waals surface area contributed by atoms with Crippen LogP contribution in [0.5, 0.6) is 0 Å². The molecule has 11 heteroatoms. The van der Waals surface area contributed by atoms with Crippen molar-refractivity contribution in [2.75, 3.05) is 0 Å². The average molecular weight is 1080 g/mol. The van der Waals surface area contributed by atoms with Crippen molar-refractivity contribution < 1.29 is 13.2 Å². The number of alkyl halides is 3. The molecule has 13 rings (SSSR count).